The molecule has 4 rings (SSSR count). The average molecular weight is 442 g/mol. The Balaban J connectivity index is 1.54. The van der Waals surface area contributed by atoms with Gasteiger partial charge in [-0.1, -0.05) is 30.3 Å². The summed E-state index contributed by atoms with van der Waals surface area (Å²) in [5.74, 6) is -1.73. The number of nitrogens with one attached hydrogen (secondary N) is 1. The molecular weight excluding hydrogens is 423 g/mol. The number of ketones is 1. The van der Waals surface area contributed by atoms with Crippen LogP contribution in [0.4, 0.5) is 10.1 Å². The molecule has 7 heteroatoms. The van der Waals surface area contributed by atoms with E-state index in [-0.39, 0.29) is 17.2 Å². The molecule has 0 bridgehead atoms. The number of pyridine rings is 1. The topological polar surface area (TPSA) is 85.4 Å². The molecule has 0 atom stereocenters. The van der Waals surface area contributed by atoms with Gasteiger partial charge in [-0.25, -0.2) is 14.2 Å². The van der Waals surface area contributed by atoms with Crippen molar-refractivity contribution in [2.75, 3.05) is 11.9 Å². The molecule has 0 saturated heterocycles. The summed E-state index contributed by atoms with van der Waals surface area (Å²) in [5.41, 5.74) is 2.81. The summed E-state index contributed by atoms with van der Waals surface area (Å²) in [6, 6.07) is 20.9. The SMILES string of the molecule is CC(=O)c1cccc(NC(=O)COC(=O)c2cc(-c3ccc(F)cc3)nc3ccccc23)c1. The average Bonchev–Trinajstić information content (AvgIpc) is 2.82. The Kier molecular flexibility index (Phi) is 6.22. The minimum absolute atomic E-state index is 0.126. The van der Waals surface area contributed by atoms with Gasteiger partial charge in [0, 0.05) is 22.2 Å². The highest BCUT2D eigenvalue weighted by Crippen LogP contribution is 2.25. The maximum atomic E-state index is 13.3. The number of nitrogens with zero attached hydrogens (tertiary/aromatic N) is 1. The Labute approximate surface area is 189 Å². The van der Waals surface area contributed by atoms with Gasteiger partial charge in [0.05, 0.1) is 16.8 Å². The lowest BCUT2D eigenvalue weighted by Gasteiger charge is -2.11. The molecule has 0 aliphatic rings. The lowest BCUT2D eigenvalue weighted by Crippen LogP contribution is -2.21. The molecule has 0 fully saturated rings. The van der Waals surface area contributed by atoms with E-state index in [4.69, 9.17) is 4.74 Å². The second-order valence-corrected chi connectivity index (χ2v) is 7.34. The zero-order valence-corrected chi connectivity index (χ0v) is 17.7. The van der Waals surface area contributed by atoms with E-state index in [1.54, 1.807) is 66.7 Å². The predicted molar refractivity (Wildman–Crippen MR) is 122 cm³/mol. The van der Waals surface area contributed by atoms with Crippen molar-refractivity contribution >= 4 is 34.3 Å². The van der Waals surface area contributed by atoms with Crippen molar-refractivity contribution in [2.24, 2.45) is 0 Å². The largest absolute Gasteiger partial charge is 0.452 e. The number of halogens is 1. The summed E-state index contributed by atoms with van der Waals surface area (Å²) in [6.07, 6.45) is 0. The molecule has 4 aromatic rings. The fraction of sp³-hybridized carbons (Fsp3) is 0.0769. The van der Waals surface area contributed by atoms with Gasteiger partial charge in [-0.15, -0.1) is 0 Å². The number of esters is 1. The Morgan fingerprint density at radius 3 is 2.45 bits per heavy atom. The van der Waals surface area contributed by atoms with Gasteiger partial charge < -0.3 is 10.1 Å². The predicted octanol–water partition coefficient (Wildman–Crippen LogP) is 5.04. The van der Waals surface area contributed by atoms with Crippen LogP contribution in [0, 0.1) is 5.82 Å². The van der Waals surface area contributed by atoms with Crippen molar-refractivity contribution in [2.45, 2.75) is 6.92 Å². The van der Waals surface area contributed by atoms with Gasteiger partial charge in [0.2, 0.25) is 0 Å². The standard InChI is InChI=1S/C26H19FN2O4/c1-16(30)18-5-4-6-20(13-18)28-25(31)15-33-26(32)22-14-24(17-9-11-19(27)12-10-17)29-23-8-3-2-7-21(22)23/h2-14H,15H2,1H3,(H,28,31). The molecule has 0 saturated carbocycles. The van der Waals surface area contributed by atoms with E-state index < -0.39 is 18.5 Å². The third kappa shape index (κ3) is 5.10. The summed E-state index contributed by atoms with van der Waals surface area (Å²) in [4.78, 5) is 41.2. The molecule has 1 heterocycles. The minimum atomic E-state index is -0.690. The molecule has 33 heavy (non-hydrogen) atoms. The van der Waals surface area contributed by atoms with Crippen molar-refractivity contribution in [3.63, 3.8) is 0 Å². The molecule has 0 aliphatic carbocycles. The molecule has 0 aliphatic heterocycles. The molecule has 3 aromatic carbocycles. The number of aromatic nitrogens is 1. The van der Waals surface area contributed by atoms with Crippen LogP contribution >= 0.6 is 0 Å². The zero-order chi connectivity index (χ0) is 23.4. The number of fused-ring (bicyclic) bond motifs is 1. The van der Waals surface area contributed by atoms with Crippen LogP contribution in [0.25, 0.3) is 22.2 Å². The molecular formula is C26H19FN2O4. The third-order valence-corrected chi connectivity index (χ3v) is 4.96. The minimum Gasteiger partial charge on any atom is -0.452 e. The first kappa shape index (κ1) is 21.8. The molecule has 0 spiro atoms. The lowest BCUT2D eigenvalue weighted by atomic mass is 10.0. The summed E-state index contributed by atoms with van der Waals surface area (Å²) in [6.45, 7) is 0.924. The van der Waals surface area contributed by atoms with Crippen molar-refractivity contribution in [3.8, 4) is 11.3 Å². The number of hydrogen-bond acceptors (Lipinski definition) is 5. The number of benzene rings is 3. The fourth-order valence-electron chi connectivity index (χ4n) is 3.33. The van der Waals surface area contributed by atoms with Gasteiger partial charge in [-0.05, 0) is 55.5 Å². The summed E-state index contributed by atoms with van der Waals surface area (Å²) in [7, 11) is 0. The highest BCUT2D eigenvalue weighted by Gasteiger charge is 2.17. The quantitative estimate of drug-likeness (QED) is 0.334. The highest BCUT2D eigenvalue weighted by molar-refractivity contribution is 6.05. The summed E-state index contributed by atoms with van der Waals surface area (Å²) in [5, 5.41) is 3.18. The Hall–Kier alpha value is -4.39. The van der Waals surface area contributed by atoms with Gasteiger partial charge in [0.25, 0.3) is 5.91 Å². The van der Waals surface area contributed by atoms with E-state index in [2.05, 4.69) is 10.3 Å². The van der Waals surface area contributed by atoms with Crippen molar-refractivity contribution in [1.82, 2.24) is 4.98 Å². The van der Waals surface area contributed by atoms with Crippen LogP contribution in [0.15, 0.2) is 78.9 Å². The maximum absolute atomic E-state index is 13.3. The molecule has 1 aromatic heterocycles. The van der Waals surface area contributed by atoms with Crippen molar-refractivity contribution < 1.29 is 23.5 Å². The smallest absolute Gasteiger partial charge is 0.339 e. The number of para-hydroxylation sites is 1. The van der Waals surface area contributed by atoms with E-state index in [0.717, 1.165) is 0 Å². The number of amides is 1. The van der Waals surface area contributed by atoms with Crippen LogP contribution in [0.3, 0.4) is 0 Å². The Bertz CT molecular complexity index is 1370. The van der Waals surface area contributed by atoms with E-state index in [9.17, 15) is 18.8 Å². The van der Waals surface area contributed by atoms with Gasteiger partial charge in [-0.2, -0.15) is 0 Å². The number of carbonyl (C=O) groups excluding carboxylic acids is 3. The first-order valence-electron chi connectivity index (χ1n) is 10.1. The fourth-order valence-corrected chi connectivity index (χ4v) is 3.33. The number of ether oxygens (including phenoxy) is 1. The monoisotopic (exact) mass is 442 g/mol. The van der Waals surface area contributed by atoms with Crippen LogP contribution in [0.2, 0.25) is 0 Å². The molecule has 1 amide bonds. The van der Waals surface area contributed by atoms with Crippen molar-refractivity contribution in [1.29, 1.82) is 0 Å². The van der Waals surface area contributed by atoms with E-state index >= 15 is 0 Å². The van der Waals surface area contributed by atoms with Crippen LogP contribution in [-0.2, 0) is 9.53 Å². The van der Waals surface area contributed by atoms with Crippen LogP contribution in [0.5, 0.6) is 0 Å². The molecule has 0 radical (unpaired) electrons. The second kappa shape index (κ2) is 9.40. The van der Waals surface area contributed by atoms with Gasteiger partial charge in [0.15, 0.2) is 12.4 Å². The van der Waals surface area contributed by atoms with E-state index in [1.165, 1.54) is 19.1 Å². The van der Waals surface area contributed by atoms with Gasteiger partial charge in [-0.3, -0.25) is 9.59 Å². The van der Waals surface area contributed by atoms with E-state index in [0.29, 0.717) is 33.4 Å². The second-order valence-electron chi connectivity index (χ2n) is 7.34. The van der Waals surface area contributed by atoms with E-state index in [1.807, 2.05) is 0 Å². The maximum Gasteiger partial charge on any atom is 0.339 e. The number of carbonyl (C=O) groups is 3. The first-order chi connectivity index (χ1) is 15.9. The van der Waals surface area contributed by atoms with Crippen LogP contribution in [0.1, 0.15) is 27.6 Å². The highest BCUT2D eigenvalue weighted by atomic mass is 19.1. The third-order valence-electron chi connectivity index (χ3n) is 4.96. The van der Waals surface area contributed by atoms with Crippen molar-refractivity contribution in [3.05, 3.63) is 95.8 Å². The zero-order valence-electron chi connectivity index (χ0n) is 17.7. The Morgan fingerprint density at radius 1 is 0.939 bits per heavy atom. The molecule has 6 nitrogen and oxygen atoms in total. The molecule has 164 valence electrons. The first-order valence-corrected chi connectivity index (χ1v) is 10.1. The molecule has 1 N–H and O–H groups in total. The summed E-state index contributed by atoms with van der Waals surface area (Å²) < 4.78 is 18.6. The normalized spacial score (nSPS) is 10.6. The van der Waals surface area contributed by atoms with Gasteiger partial charge >= 0.3 is 5.97 Å². The van der Waals surface area contributed by atoms with Crippen LogP contribution in [-0.4, -0.2) is 29.3 Å². The number of hydrogen-bond donors (Lipinski definition) is 1. The molecule has 0 unspecified atom stereocenters. The number of Topliss-reactive ketones (excluding diaryl/α,β-unsaturated/α-hetero) is 1. The van der Waals surface area contributed by atoms with Crippen LogP contribution < -0.4 is 5.32 Å². The summed E-state index contributed by atoms with van der Waals surface area (Å²) >= 11 is 0. The number of anilines is 1. The number of rotatable bonds is 6. The Morgan fingerprint density at radius 2 is 1.70 bits per heavy atom. The van der Waals surface area contributed by atoms with Gasteiger partial charge in [0.1, 0.15) is 5.82 Å². The lowest BCUT2D eigenvalue weighted by molar-refractivity contribution is -0.119.